The van der Waals surface area contributed by atoms with Gasteiger partial charge in [0.25, 0.3) is 0 Å². The van der Waals surface area contributed by atoms with Crippen molar-refractivity contribution in [2.45, 2.75) is 25.8 Å². The molecule has 0 fully saturated rings. The van der Waals surface area contributed by atoms with Crippen LogP contribution in [0.4, 0.5) is 4.39 Å². The summed E-state index contributed by atoms with van der Waals surface area (Å²) in [6.07, 6.45) is 1.74. The van der Waals surface area contributed by atoms with Crippen LogP contribution in [0.1, 0.15) is 30.1 Å². The molecule has 1 rings (SSSR count). The highest BCUT2D eigenvalue weighted by Gasteiger charge is 2.16. The van der Waals surface area contributed by atoms with Gasteiger partial charge in [0.05, 0.1) is 6.04 Å². The lowest BCUT2D eigenvalue weighted by molar-refractivity contribution is 0.0942. The highest BCUT2D eigenvalue weighted by atomic mass is 19.1. The molecule has 0 aliphatic carbocycles. The molecule has 0 aliphatic rings. The van der Waals surface area contributed by atoms with Crippen LogP contribution in [0.5, 0.6) is 0 Å². The Morgan fingerprint density at radius 1 is 1.40 bits per heavy atom. The van der Waals surface area contributed by atoms with Crippen molar-refractivity contribution in [1.29, 1.82) is 0 Å². The third-order valence-electron chi connectivity index (χ3n) is 2.37. The summed E-state index contributed by atoms with van der Waals surface area (Å²) in [5.74, 6) is -0.289. The Hall–Kier alpha value is -1.22. The van der Waals surface area contributed by atoms with Gasteiger partial charge in [-0.3, -0.25) is 4.79 Å². The van der Waals surface area contributed by atoms with Gasteiger partial charge < -0.3 is 5.32 Å². The number of benzene rings is 1. The Kier molecular flexibility index (Phi) is 4.43. The average molecular weight is 209 g/mol. The van der Waals surface area contributed by atoms with Crippen molar-refractivity contribution in [2.24, 2.45) is 0 Å². The quantitative estimate of drug-likeness (QED) is 0.754. The zero-order valence-electron chi connectivity index (χ0n) is 9.09. The molecule has 15 heavy (non-hydrogen) atoms. The van der Waals surface area contributed by atoms with E-state index in [2.05, 4.69) is 5.32 Å². The highest BCUT2D eigenvalue weighted by Crippen LogP contribution is 2.09. The fourth-order valence-electron chi connectivity index (χ4n) is 1.51. The van der Waals surface area contributed by atoms with Crippen LogP contribution in [0.15, 0.2) is 24.3 Å². The number of hydrogen-bond donors (Lipinski definition) is 1. The minimum atomic E-state index is -0.317. The first-order chi connectivity index (χ1) is 7.19. The van der Waals surface area contributed by atoms with Gasteiger partial charge in [0.1, 0.15) is 5.82 Å². The van der Waals surface area contributed by atoms with Crippen molar-refractivity contribution in [2.75, 3.05) is 7.05 Å². The number of carbonyl (C=O) groups is 1. The van der Waals surface area contributed by atoms with Crippen LogP contribution in [0.25, 0.3) is 0 Å². The van der Waals surface area contributed by atoms with Gasteiger partial charge in [-0.15, -0.1) is 0 Å². The molecule has 82 valence electrons. The molecule has 0 amide bonds. The summed E-state index contributed by atoms with van der Waals surface area (Å²) < 4.78 is 12.7. The van der Waals surface area contributed by atoms with E-state index < -0.39 is 0 Å². The molecule has 0 unspecified atom stereocenters. The Morgan fingerprint density at radius 3 is 2.47 bits per heavy atom. The first-order valence-electron chi connectivity index (χ1n) is 5.16. The molecule has 0 spiro atoms. The minimum absolute atomic E-state index is 0.0272. The van der Waals surface area contributed by atoms with Crippen LogP contribution in [0, 0.1) is 5.82 Å². The lowest BCUT2D eigenvalue weighted by atomic mass is 10.0. The molecule has 2 nitrogen and oxygen atoms in total. The number of carbonyl (C=O) groups excluding carboxylic acids is 1. The molecule has 0 bridgehead atoms. The summed E-state index contributed by atoms with van der Waals surface area (Å²) in [4.78, 5) is 11.9. The Morgan fingerprint density at radius 2 is 2.00 bits per heavy atom. The maximum atomic E-state index is 12.7. The molecule has 1 aromatic rings. The van der Waals surface area contributed by atoms with Crippen molar-refractivity contribution < 1.29 is 9.18 Å². The van der Waals surface area contributed by atoms with Gasteiger partial charge in [-0.2, -0.15) is 0 Å². The Balaban J connectivity index is 2.78. The third-order valence-corrected chi connectivity index (χ3v) is 2.37. The number of Topliss-reactive ketones (excluding diaryl/α,β-unsaturated/α-hetero) is 1. The smallest absolute Gasteiger partial charge is 0.179 e. The number of ketones is 1. The lowest BCUT2D eigenvalue weighted by Gasteiger charge is -2.13. The SMILES string of the molecule is CCC[C@@H](NC)C(=O)c1ccc(F)cc1. The lowest BCUT2D eigenvalue weighted by Crippen LogP contribution is -2.33. The summed E-state index contributed by atoms with van der Waals surface area (Å²) >= 11 is 0. The van der Waals surface area contributed by atoms with E-state index in [4.69, 9.17) is 0 Å². The standard InChI is InChI=1S/C12H16FNO/c1-3-4-11(14-2)12(15)9-5-7-10(13)8-6-9/h5-8,11,14H,3-4H2,1-2H3/t11-/m1/s1. The number of nitrogens with one attached hydrogen (secondary N) is 1. The van der Waals surface area contributed by atoms with Crippen molar-refractivity contribution in [3.63, 3.8) is 0 Å². The van der Waals surface area contributed by atoms with Crippen LogP contribution in [-0.2, 0) is 0 Å². The fraction of sp³-hybridized carbons (Fsp3) is 0.417. The van der Waals surface area contributed by atoms with E-state index in [9.17, 15) is 9.18 Å². The number of halogens is 1. The molecule has 0 radical (unpaired) electrons. The Labute approximate surface area is 89.5 Å². The molecule has 0 saturated heterocycles. The van der Waals surface area contributed by atoms with Crippen molar-refractivity contribution in [3.8, 4) is 0 Å². The van der Waals surface area contributed by atoms with E-state index in [0.717, 1.165) is 12.8 Å². The fourth-order valence-corrected chi connectivity index (χ4v) is 1.51. The molecule has 0 saturated carbocycles. The minimum Gasteiger partial charge on any atom is -0.310 e. The third kappa shape index (κ3) is 3.13. The van der Waals surface area contributed by atoms with Crippen molar-refractivity contribution in [3.05, 3.63) is 35.6 Å². The van der Waals surface area contributed by atoms with Crippen molar-refractivity contribution >= 4 is 5.78 Å². The topological polar surface area (TPSA) is 29.1 Å². The second-order valence-electron chi connectivity index (χ2n) is 3.50. The van der Waals surface area contributed by atoms with Gasteiger partial charge >= 0.3 is 0 Å². The first-order valence-corrected chi connectivity index (χ1v) is 5.16. The molecule has 0 aliphatic heterocycles. The molecular weight excluding hydrogens is 193 g/mol. The summed E-state index contributed by atoms with van der Waals surface area (Å²) in [5.41, 5.74) is 0.559. The average Bonchev–Trinajstić information content (AvgIpc) is 2.26. The molecular formula is C12H16FNO. The van der Waals surface area contributed by atoms with Gasteiger partial charge in [0, 0.05) is 5.56 Å². The van der Waals surface area contributed by atoms with E-state index in [1.807, 2.05) is 6.92 Å². The van der Waals surface area contributed by atoms with Crippen LogP contribution < -0.4 is 5.32 Å². The van der Waals surface area contributed by atoms with Gasteiger partial charge in [0.15, 0.2) is 5.78 Å². The van der Waals surface area contributed by atoms with E-state index >= 15 is 0 Å². The van der Waals surface area contributed by atoms with Gasteiger partial charge in [-0.05, 0) is 37.7 Å². The number of likely N-dealkylation sites (N-methyl/N-ethyl adjacent to an activating group) is 1. The number of hydrogen-bond acceptors (Lipinski definition) is 2. The first kappa shape index (κ1) is 11.9. The van der Waals surface area contributed by atoms with E-state index in [1.54, 1.807) is 7.05 Å². The van der Waals surface area contributed by atoms with Crippen LogP contribution in [0.2, 0.25) is 0 Å². The highest BCUT2D eigenvalue weighted by molar-refractivity contribution is 6.00. The van der Waals surface area contributed by atoms with Crippen molar-refractivity contribution in [1.82, 2.24) is 5.32 Å². The van der Waals surface area contributed by atoms with Gasteiger partial charge in [-0.1, -0.05) is 13.3 Å². The summed E-state index contributed by atoms with van der Waals surface area (Å²) in [6, 6.07) is 5.51. The zero-order valence-corrected chi connectivity index (χ0v) is 9.09. The van der Waals surface area contributed by atoms with Crippen LogP contribution in [-0.4, -0.2) is 18.9 Å². The van der Waals surface area contributed by atoms with E-state index in [0.29, 0.717) is 5.56 Å². The van der Waals surface area contributed by atoms with Crippen LogP contribution in [0.3, 0.4) is 0 Å². The number of rotatable bonds is 5. The second kappa shape index (κ2) is 5.61. The molecule has 3 heteroatoms. The molecule has 1 aromatic carbocycles. The maximum Gasteiger partial charge on any atom is 0.179 e. The molecule has 0 aromatic heterocycles. The summed E-state index contributed by atoms with van der Waals surface area (Å²) in [5, 5.41) is 2.97. The van der Waals surface area contributed by atoms with Gasteiger partial charge in [-0.25, -0.2) is 4.39 Å². The zero-order chi connectivity index (χ0) is 11.3. The monoisotopic (exact) mass is 209 g/mol. The maximum absolute atomic E-state index is 12.7. The summed E-state index contributed by atoms with van der Waals surface area (Å²) in [6.45, 7) is 2.03. The molecule has 1 N–H and O–H groups in total. The normalized spacial score (nSPS) is 12.5. The Bertz CT molecular complexity index is 321. The predicted octanol–water partition coefficient (Wildman–Crippen LogP) is 2.40. The largest absolute Gasteiger partial charge is 0.310 e. The second-order valence-corrected chi connectivity index (χ2v) is 3.50. The van der Waals surface area contributed by atoms with E-state index in [1.165, 1.54) is 24.3 Å². The van der Waals surface area contributed by atoms with E-state index in [-0.39, 0.29) is 17.6 Å². The van der Waals surface area contributed by atoms with Gasteiger partial charge in [0.2, 0.25) is 0 Å². The van der Waals surface area contributed by atoms with Crippen LogP contribution >= 0.6 is 0 Å². The molecule has 0 heterocycles. The predicted molar refractivity (Wildman–Crippen MR) is 58.5 cm³/mol. The summed E-state index contributed by atoms with van der Waals surface area (Å²) in [7, 11) is 1.77. The molecule has 1 atom stereocenters.